The molecule has 0 spiro atoms. The summed E-state index contributed by atoms with van der Waals surface area (Å²) in [6, 6.07) is 22.2. The first-order chi connectivity index (χ1) is 18.3. The van der Waals surface area contributed by atoms with Crippen LogP contribution >= 0.6 is 11.6 Å². The Kier molecular flexibility index (Phi) is 9.04. The molecule has 1 aliphatic rings. The molecule has 38 heavy (non-hydrogen) atoms. The maximum atomic E-state index is 13.5. The highest BCUT2D eigenvalue weighted by Gasteiger charge is 2.45. The zero-order chi connectivity index (χ0) is 27.0. The number of halogens is 1. The van der Waals surface area contributed by atoms with Crippen LogP contribution in [0.4, 0.5) is 0 Å². The van der Waals surface area contributed by atoms with Crippen LogP contribution in [0.25, 0.3) is 0 Å². The topological polar surface area (TPSA) is 114 Å². The maximum absolute atomic E-state index is 13.5. The lowest BCUT2D eigenvalue weighted by Gasteiger charge is -2.23. The fourth-order valence-electron chi connectivity index (χ4n) is 3.90. The van der Waals surface area contributed by atoms with Gasteiger partial charge < -0.3 is 19.9 Å². The third-order valence-corrected chi connectivity index (χ3v) is 8.10. The van der Waals surface area contributed by atoms with Crippen molar-refractivity contribution in [2.75, 3.05) is 25.6 Å². The summed E-state index contributed by atoms with van der Waals surface area (Å²) in [4.78, 5) is 18.3. The summed E-state index contributed by atoms with van der Waals surface area (Å²) < 4.78 is 37.4. The summed E-state index contributed by atoms with van der Waals surface area (Å²) in [5.41, 5.74) is 0.0624. The van der Waals surface area contributed by atoms with Crippen LogP contribution in [0.15, 0.2) is 88.8 Å². The average Bonchev–Trinajstić information content (AvgIpc) is 3.38. The minimum atomic E-state index is -3.64. The van der Waals surface area contributed by atoms with E-state index in [1.54, 1.807) is 66.7 Å². The molecule has 0 aliphatic carbocycles. The molecule has 0 aromatic heterocycles. The fourth-order valence-corrected chi connectivity index (χ4v) is 5.44. The van der Waals surface area contributed by atoms with Crippen molar-refractivity contribution in [2.24, 2.45) is 4.99 Å². The smallest absolute Gasteiger partial charge is 0.251 e. The predicted octanol–water partition coefficient (Wildman–Crippen LogP) is 3.80. The van der Waals surface area contributed by atoms with Gasteiger partial charge in [-0.15, -0.1) is 0 Å². The van der Waals surface area contributed by atoms with Crippen LogP contribution in [0.5, 0.6) is 5.75 Å². The molecule has 0 saturated heterocycles. The molecule has 0 fully saturated rings. The van der Waals surface area contributed by atoms with Crippen molar-refractivity contribution < 1.29 is 27.8 Å². The Labute approximate surface area is 227 Å². The van der Waals surface area contributed by atoms with Crippen LogP contribution in [0, 0.1) is 0 Å². The van der Waals surface area contributed by atoms with E-state index in [1.165, 1.54) is 12.1 Å². The second-order valence-corrected chi connectivity index (χ2v) is 11.4. The van der Waals surface area contributed by atoms with Gasteiger partial charge in [-0.2, -0.15) is 0 Å². The Bertz CT molecular complexity index is 1360. The molecule has 3 aromatic rings. The Balaban J connectivity index is 1.55. The zero-order valence-electron chi connectivity index (χ0n) is 20.7. The number of hydrogen-bond acceptors (Lipinski definition) is 7. The number of nitrogens with one attached hydrogen (secondary N) is 1. The molecule has 0 bridgehead atoms. The third kappa shape index (κ3) is 6.92. The molecule has 3 aromatic carbocycles. The van der Waals surface area contributed by atoms with Crippen molar-refractivity contribution in [1.82, 2.24) is 5.32 Å². The van der Waals surface area contributed by atoms with E-state index < -0.39 is 21.3 Å². The lowest BCUT2D eigenvalue weighted by Crippen LogP contribution is -2.47. The molecule has 4 rings (SSSR count). The number of carbonyl (C=O) groups is 1. The summed E-state index contributed by atoms with van der Waals surface area (Å²) in [7, 11) is -3.64. The monoisotopic (exact) mass is 556 g/mol. The Hall–Kier alpha value is -3.40. The molecule has 1 heterocycles. The lowest BCUT2D eigenvalue weighted by molar-refractivity contribution is -0.126. The van der Waals surface area contributed by atoms with Gasteiger partial charge in [0.05, 0.1) is 17.3 Å². The zero-order valence-corrected chi connectivity index (χ0v) is 22.2. The van der Waals surface area contributed by atoms with Gasteiger partial charge in [0.25, 0.3) is 5.91 Å². The first kappa shape index (κ1) is 27.6. The number of nitrogens with zero attached hydrogens (tertiary/aromatic N) is 1. The minimum Gasteiger partial charge on any atom is -0.494 e. The summed E-state index contributed by atoms with van der Waals surface area (Å²) in [5.74, 6) is 0.186. The maximum Gasteiger partial charge on any atom is 0.251 e. The first-order valence-corrected chi connectivity index (χ1v) is 14.2. The number of carbonyl (C=O) groups excluding carboxylic acids is 1. The van der Waals surface area contributed by atoms with Crippen LogP contribution in [-0.2, 0) is 25.9 Å². The summed E-state index contributed by atoms with van der Waals surface area (Å²) >= 11 is 5.95. The van der Waals surface area contributed by atoms with E-state index in [9.17, 15) is 13.2 Å². The van der Waals surface area contributed by atoms with E-state index in [0.717, 1.165) is 5.56 Å². The van der Waals surface area contributed by atoms with Crippen LogP contribution in [0.3, 0.4) is 0 Å². The standard InChI is InChI=1S/C28H29ClN2O6S/c29-23-11-7-21(8-12-23)19-30-27(33)28(15-18-38(34,35)25-5-2-1-3-6-25)20-37-26(31-28)22-9-13-24(14-10-22)36-17-4-16-32/h1-3,5-14,32H,4,15-20H2,(H,30,33)/t28-/m1/s1. The van der Waals surface area contributed by atoms with Gasteiger partial charge in [0.2, 0.25) is 5.90 Å². The SMILES string of the molecule is O=C(NCc1ccc(Cl)cc1)[C@@]1(CCS(=O)(=O)c2ccccc2)COC(c2ccc(OCCCO)cc2)=N1. The van der Waals surface area contributed by atoms with Crippen molar-refractivity contribution in [3.05, 3.63) is 95.0 Å². The van der Waals surface area contributed by atoms with Crippen molar-refractivity contribution >= 4 is 33.2 Å². The summed E-state index contributed by atoms with van der Waals surface area (Å²) in [6.07, 6.45) is 0.472. The van der Waals surface area contributed by atoms with E-state index in [0.29, 0.717) is 29.4 Å². The van der Waals surface area contributed by atoms with Gasteiger partial charge in [-0.25, -0.2) is 13.4 Å². The second-order valence-electron chi connectivity index (χ2n) is 8.88. The number of hydrogen-bond donors (Lipinski definition) is 2. The molecule has 1 aliphatic heterocycles. The largest absolute Gasteiger partial charge is 0.494 e. The molecule has 2 N–H and O–H groups in total. The number of aliphatic hydroxyl groups is 1. The third-order valence-electron chi connectivity index (χ3n) is 6.11. The van der Waals surface area contributed by atoms with Gasteiger partial charge in [0.15, 0.2) is 15.4 Å². The van der Waals surface area contributed by atoms with Crippen LogP contribution in [0.2, 0.25) is 5.02 Å². The number of amides is 1. The van der Waals surface area contributed by atoms with Crippen molar-refractivity contribution in [1.29, 1.82) is 0 Å². The van der Waals surface area contributed by atoms with E-state index in [-0.39, 0.29) is 42.7 Å². The Morgan fingerprint density at radius 1 is 1.05 bits per heavy atom. The van der Waals surface area contributed by atoms with Crippen molar-refractivity contribution in [2.45, 2.75) is 29.8 Å². The van der Waals surface area contributed by atoms with Crippen LogP contribution < -0.4 is 10.1 Å². The van der Waals surface area contributed by atoms with Gasteiger partial charge in [-0.05, 0) is 60.5 Å². The molecule has 0 radical (unpaired) electrons. The van der Waals surface area contributed by atoms with E-state index in [4.69, 9.17) is 26.2 Å². The predicted molar refractivity (Wildman–Crippen MR) is 145 cm³/mol. The van der Waals surface area contributed by atoms with Crippen LogP contribution in [-0.4, -0.2) is 56.4 Å². The molecule has 0 unspecified atom stereocenters. The number of benzene rings is 3. The summed E-state index contributed by atoms with van der Waals surface area (Å²) in [5, 5.41) is 12.4. The number of sulfone groups is 1. The van der Waals surface area contributed by atoms with Gasteiger partial charge in [0.1, 0.15) is 12.4 Å². The number of aliphatic imine (C=N–C) groups is 1. The molecule has 200 valence electrons. The molecular formula is C28H29ClN2O6S. The Morgan fingerprint density at radius 3 is 2.45 bits per heavy atom. The molecular weight excluding hydrogens is 528 g/mol. The lowest BCUT2D eigenvalue weighted by atomic mass is 9.97. The van der Waals surface area contributed by atoms with Gasteiger partial charge in [0, 0.05) is 30.2 Å². The van der Waals surface area contributed by atoms with Crippen molar-refractivity contribution in [3.63, 3.8) is 0 Å². The molecule has 1 amide bonds. The molecule has 10 heteroatoms. The van der Waals surface area contributed by atoms with E-state index >= 15 is 0 Å². The van der Waals surface area contributed by atoms with Crippen molar-refractivity contribution in [3.8, 4) is 5.75 Å². The van der Waals surface area contributed by atoms with E-state index in [1.807, 2.05) is 0 Å². The number of rotatable bonds is 12. The average molecular weight is 557 g/mol. The molecule has 8 nitrogen and oxygen atoms in total. The number of ether oxygens (including phenoxy) is 2. The van der Waals surface area contributed by atoms with Gasteiger partial charge in [-0.3, -0.25) is 4.79 Å². The highest BCUT2D eigenvalue weighted by Crippen LogP contribution is 2.29. The van der Waals surface area contributed by atoms with Gasteiger partial charge in [-0.1, -0.05) is 41.9 Å². The highest BCUT2D eigenvalue weighted by molar-refractivity contribution is 7.91. The van der Waals surface area contributed by atoms with Gasteiger partial charge >= 0.3 is 0 Å². The fraction of sp³-hybridized carbons (Fsp3) is 0.286. The minimum absolute atomic E-state index is 0.0465. The normalized spacial score (nSPS) is 16.9. The first-order valence-electron chi connectivity index (χ1n) is 12.2. The highest BCUT2D eigenvalue weighted by atomic mass is 35.5. The van der Waals surface area contributed by atoms with Crippen LogP contribution in [0.1, 0.15) is 24.0 Å². The van der Waals surface area contributed by atoms with E-state index in [2.05, 4.69) is 10.3 Å². The Morgan fingerprint density at radius 2 is 1.76 bits per heavy atom. The second kappa shape index (κ2) is 12.4. The summed E-state index contributed by atoms with van der Waals surface area (Å²) in [6.45, 7) is 0.576. The molecule has 0 saturated carbocycles. The quantitative estimate of drug-likeness (QED) is 0.328. The number of aliphatic hydroxyl groups excluding tert-OH is 1. The molecule has 1 atom stereocenters.